The van der Waals surface area contributed by atoms with Crippen LogP contribution in [0.5, 0.6) is 0 Å². The number of likely N-dealkylation sites (N-methyl/N-ethyl adjacent to an activating group) is 1. The van der Waals surface area contributed by atoms with Crippen LogP contribution < -0.4 is 5.32 Å². The van der Waals surface area contributed by atoms with E-state index in [1.165, 1.54) is 0 Å². The molecule has 2 aromatic carbocycles. The van der Waals surface area contributed by atoms with Gasteiger partial charge in [-0.05, 0) is 49.2 Å². The summed E-state index contributed by atoms with van der Waals surface area (Å²) in [4.78, 5) is 0. The average Bonchev–Trinajstić information content (AvgIpc) is 2.42. The molecule has 106 valence electrons. The molecule has 0 amide bonds. The van der Waals surface area contributed by atoms with Crippen molar-refractivity contribution in [3.8, 4) is 0 Å². The highest BCUT2D eigenvalue weighted by atomic mass is 35.5. The summed E-state index contributed by atoms with van der Waals surface area (Å²) in [6.07, 6.45) is 0.760. The third-order valence-corrected chi connectivity index (χ3v) is 4.52. The zero-order valence-electron chi connectivity index (χ0n) is 11.4. The lowest BCUT2D eigenvalue weighted by Crippen LogP contribution is -2.19. The first kappa shape index (κ1) is 15.7. The molecule has 0 bridgehead atoms. The van der Waals surface area contributed by atoms with Crippen LogP contribution in [-0.2, 0) is 6.42 Å². The van der Waals surface area contributed by atoms with Gasteiger partial charge in [0.15, 0.2) is 0 Å². The van der Waals surface area contributed by atoms with E-state index in [9.17, 15) is 0 Å². The number of benzene rings is 2. The van der Waals surface area contributed by atoms with Gasteiger partial charge in [-0.15, -0.1) is 0 Å². The molecule has 4 heteroatoms. The topological polar surface area (TPSA) is 12.0 Å². The maximum Gasteiger partial charge on any atom is 0.0640 e. The molecule has 1 unspecified atom stereocenters. The Hall–Kier alpha value is -0.730. The standard InChI is InChI=1S/C16H16Cl3N/c1-10-6-7-11(14(18)8-10)9-15(20-2)12-4-3-5-13(17)16(12)19/h3-8,15,20H,9H2,1-2H3. The number of nitrogens with one attached hydrogen (secondary N) is 1. The second-order valence-corrected chi connectivity index (χ2v) is 5.98. The number of aryl methyl sites for hydroxylation is 1. The van der Waals surface area contributed by atoms with E-state index in [-0.39, 0.29) is 6.04 Å². The van der Waals surface area contributed by atoms with E-state index < -0.39 is 0 Å². The summed E-state index contributed by atoms with van der Waals surface area (Å²) in [5.74, 6) is 0. The third-order valence-electron chi connectivity index (χ3n) is 3.34. The van der Waals surface area contributed by atoms with Crippen molar-refractivity contribution in [1.29, 1.82) is 0 Å². The first-order valence-electron chi connectivity index (χ1n) is 6.39. The lowest BCUT2D eigenvalue weighted by molar-refractivity contribution is 0.592. The Balaban J connectivity index is 2.31. The van der Waals surface area contributed by atoms with Gasteiger partial charge in [0.05, 0.1) is 10.0 Å². The molecule has 0 aliphatic rings. The van der Waals surface area contributed by atoms with Crippen molar-refractivity contribution in [2.45, 2.75) is 19.4 Å². The monoisotopic (exact) mass is 327 g/mol. The van der Waals surface area contributed by atoms with E-state index in [1.807, 2.05) is 32.2 Å². The number of hydrogen-bond acceptors (Lipinski definition) is 1. The summed E-state index contributed by atoms with van der Waals surface area (Å²) in [6.45, 7) is 2.03. The quantitative estimate of drug-likeness (QED) is 0.786. The van der Waals surface area contributed by atoms with Crippen LogP contribution in [0, 0.1) is 6.92 Å². The molecule has 0 saturated carbocycles. The third kappa shape index (κ3) is 3.48. The highest BCUT2D eigenvalue weighted by Gasteiger charge is 2.16. The van der Waals surface area contributed by atoms with Crippen LogP contribution in [0.25, 0.3) is 0 Å². The van der Waals surface area contributed by atoms with Gasteiger partial charge in [-0.1, -0.05) is 59.1 Å². The van der Waals surface area contributed by atoms with Gasteiger partial charge in [0.1, 0.15) is 0 Å². The van der Waals surface area contributed by atoms with Gasteiger partial charge in [0.2, 0.25) is 0 Å². The van der Waals surface area contributed by atoms with Crippen LogP contribution in [0.3, 0.4) is 0 Å². The molecule has 2 rings (SSSR count). The summed E-state index contributed by atoms with van der Waals surface area (Å²) >= 11 is 18.7. The first-order valence-corrected chi connectivity index (χ1v) is 7.52. The molecule has 0 aliphatic carbocycles. The molecule has 1 nitrogen and oxygen atoms in total. The summed E-state index contributed by atoms with van der Waals surface area (Å²) in [5, 5.41) is 5.22. The van der Waals surface area contributed by atoms with Crippen LogP contribution >= 0.6 is 34.8 Å². The van der Waals surface area contributed by atoms with E-state index in [0.717, 1.165) is 28.1 Å². The van der Waals surface area contributed by atoms with E-state index in [4.69, 9.17) is 34.8 Å². The predicted molar refractivity (Wildman–Crippen MR) is 88.2 cm³/mol. The maximum absolute atomic E-state index is 6.30. The summed E-state index contributed by atoms with van der Waals surface area (Å²) < 4.78 is 0. The summed E-state index contributed by atoms with van der Waals surface area (Å²) in [7, 11) is 1.91. The van der Waals surface area contributed by atoms with Gasteiger partial charge in [0.25, 0.3) is 0 Å². The minimum Gasteiger partial charge on any atom is -0.313 e. The average molecular weight is 329 g/mol. The summed E-state index contributed by atoms with van der Waals surface area (Å²) in [6, 6.07) is 11.8. The fraction of sp³-hybridized carbons (Fsp3) is 0.250. The molecule has 1 N–H and O–H groups in total. The van der Waals surface area contributed by atoms with Gasteiger partial charge in [-0.3, -0.25) is 0 Å². The molecule has 0 saturated heterocycles. The predicted octanol–water partition coefficient (Wildman–Crippen LogP) is 5.46. The van der Waals surface area contributed by atoms with Crippen molar-refractivity contribution in [3.05, 3.63) is 68.2 Å². The number of halogens is 3. The van der Waals surface area contributed by atoms with E-state index in [2.05, 4.69) is 17.4 Å². The minimum atomic E-state index is 0.0707. The van der Waals surface area contributed by atoms with Gasteiger partial charge >= 0.3 is 0 Å². The smallest absolute Gasteiger partial charge is 0.0640 e. The fourth-order valence-corrected chi connectivity index (χ4v) is 2.95. The van der Waals surface area contributed by atoms with Crippen LogP contribution in [0.15, 0.2) is 36.4 Å². The largest absolute Gasteiger partial charge is 0.313 e. The van der Waals surface area contributed by atoms with Crippen molar-refractivity contribution >= 4 is 34.8 Å². The Morgan fingerprint density at radius 3 is 2.45 bits per heavy atom. The fourth-order valence-electron chi connectivity index (χ4n) is 2.19. The highest BCUT2D eigenvalue weighted by Crippen LogP contribution is 2.32. The SMILES string of the molecule is CNC(Cc1ccc(C)cc1Cl)c1cccc(Cl)c1Cl. The van der Waals surface area contributed by atoms with Crippen LogP contribution in [0.1, 0.15) is 22.7 Å². The number of hydrogen-bond donors (Lipinski definition) is 1. The van der Waals surface area contributed by atoms with Crippen LogP contribution in [0.4, 0.5) is 0 Å². The van der Waals surface area contributed by atoms with Crippen molar-refractivity contribution in [2.24, 2.45) is 0 Å². The number of rotatable bonds is 4. The molecule has 2 aromatic rings. The Labute approximate surface area is 134 Å². The molecule has 0 aromatic heterocycles. The first-order chi connectivity index (χ1) is 9.52. The normalized spacial score (nSPS) is 12.4. The van der Waals surface area contributed by atoms with E-state index in [1.54, 1.807) is 6.07 Å². The zero-order chi connectivity index (χ0) is 14.7. The summed E-state index contributed by atoms with van der Waals surface area (Å²) in [5.41, 5.74) is 3.23. The lowest BCUT2D eigenvalue weighted by Gasteiger charge is -2.19. The molecule has 0 spiro atoms. The van der Waals surface area contributed by atoms with Crippen molar-refractivity contribution in [1.82, 2.24) is 5.32 Å². The van der Waals surface area contributed by atoms with Crippen LogP contribution in [-0.4, -0.2) is 7.05 Å². The molecule has 0 aliphatic heterocycles. The van der Waals surface area contributed by atoms with Gasteiger partial charge in [0, 0.05) is 11.1 Å². The van der Waals surface area contributed by atoms with Crippen molar-refractivity contribution in [3.63, 3.8) is 0 Å². The second kappa shape index (κ2) is 6.82. The second-order valence-electron chi connectivity index (χ2n) is 4.78. The lowest BCUT2D eigenvalue weighted by atomic mass is 9.98. The van der Waals surface area contributed by atoms with E-state index >= 15 is 0 Å². The van der Waals surface area contributed by atoms with Gasteiger partial charge < -0.3 is 5.32 Å². The zero-order valence-corrected chi connectivity index (χ0v) is 13.7. The molecule has 20 heavy (non-hydrogen) atoms. The molecular weight excluding hydrogens is 313 g/mol. The van der Waals surface area contributed by atoms with Crippen LogP contribution in [0.2, 0.25) is 15.1 Å². The molecule has 0 fully saturated rings. The molecular formula is C16H16Cl3N. The highest BCUT2D eigenvalue weighted by molar-refractivity contribution is 6.42. The Morgan fingerprint density at radius 1 is 1.05 bits per heavy atom. The van der Waals surface area contributed by atoms with Gasteiger partial charge in [-0.25, -0.2) is 0 Å². The minimum absolute atomic E-state index is 0.0707. The molecule has 0 radical (unpaired) electrons. The van der Waals surface area contributed by atoms with Crippen molar-refractivity contribution < 1.29 is 0 Å². The Kier molecular flexibility index (Phi) is 5.34. The Morgan fingerprint density at radius 2 is 1.80 bits per heavy atom. The molecule has 0 heterocycles. The van der Waals surface area contributed by atoms with Gasteiger partial charge in [-0.2, -0.15) is 0 Å². The maximum atomic E-state index is 6.30. The Bertz CT molecular complexity index is 611. The molecule has 1 atom stereocenters. The van der Waals surface area contributed by atoms with Crippen molar-refractivity contribution in [2.75, 3.05) is 7.05 Å². The van der Waals surface area contributed by atoms with E-state index in [0.29, 0.717) is 10.0 Å².